The Morgan fingerprint density at radius 1 is 1.16 bits per heavy atom. The number of amides is 4. The lowest BCUT2D eigenvalue weighted by Crippen LogP contribution is -2.70. The van der Waals surface area contributed by atoms with Crippen LogP contribution in [0.2, 0.25) is 5.02 Å². The molecule has 25 heavy (non-hydrogen) atoms. The van der Waals surface area contributed by atoms with Crippen molar-refractivity contribution in [2.24, 2.45) is 5.41 Å². The maximum Gasteiger partial charge on any atom is 0.440 e. The standard InChI is InChI=1S/C15H15ClF3N3O3/c1-13(2,3)10(23)20-14(15(17,18)19)11(24)22(12(25)21-14)9-6-4-8(16)5-7-9/h4-7H,1-3H3,(H,20,23)(H,21,25). The van der Waals surface area contributed by atoms with Gasteiger partial charge in [0.15, 0.2) is 0 Å². The molecule has 1 fully saturated rings. The fourth-order valence-electron chi connectivity index (χ4n) is 2.06. The number of halogens is 4. The molecule has 0 aliphatic carbocycles. The Hall–Kier alpha value is -2.29. The van der Waals surface area contributed by atoms with Gasteiger partial charge in [-0.15, -0.1) is 0 Å². The van der Waals surface area contributed by atoms with Gasteiger partial charge in [0.1, 0.15) is 0 Å². The minimum absolute atomic E-state index is 0.108. The number of rotatable bonds is 2. The van der Waals surface area contributed by atoms with Gasteiger partial charge in [0.25, 0.3) is 11.6 Å². The maximum absolute atomic E-state index is 13.6. The van der Waals surface area contributed by atoms with Gasteiger partial charge in [-0.2, -0.15) is 13.2 Å². The van der Waals surface area contributed by atoms with E-state index in [9.17, 15) is 27.6 Å². The number of alkyl halides is 3. The predicted molar refractivity (Wildman–Crippen MR) is 83.9 cm³/mol. The van der Waals surface area contributed by atoms with Crippen molar-refractivity contribution in [2.75, 3.05) is 4.90 Å². The van der Waals surface area contributed by atoms with E-state index in [0.717, 1.165) is 0 Å². The summed E-state index contributed by atoms with van der Waals surface area (Å²) in [5.41, 5.74) is -4.85. The zero-order valence-electron chi connectivity index (χ0n) is 13.5. The number of nitrogens with one attached hydrogen (secondary N) is 2. The quantitative estimate of drug-likeness (QED) is 0.778. The normalized spacial score (nSPS) is 21.3. The zero-order valence-corrected chi connectivity index (χ0v) is 14.2. The highest BCUT2D eigenvalue weighted by molar-refractivity contribution is 6.31. The molecule has 2 rings (SSSR count). The van der Waals surface area contributed by atoms with Gasteiger partial charge in [-0.25, -0.2) is 9.69 Å². The highest BCUT2D eigenvalue weighted by Crippen LogP contribution is 2.36. The minimum Gasteiger partial charge on any atom is -0.317 e. The van der Waals surface area contributed by atoms with Gasteiger partial charge in [-0.3, -0.25) is 14.9 Å². The predicted octanol–water partition coefficient (Wildman–Crippen LogP) is 2.82. The Labute approximate surface area is 146 Å². The summed E-state index contributed by atoms with van der Waals surface area (Å²) in [4.78, 5) is 37.0. The molecule has 10 heteroatoms. The summed E-state index contributed by atoms with van der Waals surface area (Å²) in [6, 6.07) is 3.77. The number of anilines is 1. The first-order chi connectivity index (χ1) is 11.3. The van der Waals surface area contributed by atoms with E-state index in [1.165, 1.54) is 45.0 Å². The molecule has 1 aliphatic rings. The Balaban J connectivity index is 2.49. The van der Waals surface area contributed by atoms with Gasteiger partial charge in [0, 0.05) is 10.4 Å². The Morgan fingerprint density at radius 3 is 2.12 bits per heavy atom. The van der Waals surface area contributed by atoms with E-state index in [-0.39, 0.29) is 10.7 Å². The highest BCUT2D eigenvalue weighted by atomic mass is 35.5. The van der Waals surface area contributed by atoms with Crippen LogP contribution in [0, 0.1) is 5.41 Å². The number of hydrogen-bond donors (Lipinski definition) is 2. The van der Waals surface area contributed by atoms with Crippen LogP contribution in [0.5, 0.6) is 0 Å². The number of benzene rings is 1. The number of carbonyl (C=O) groups excluding carboxylic acids is 3. The summed E-state index contributed by atoms with van der Waals surface area (Å²) in [6.45, 7) is 4.14. The van der Waals surface area contributed by atoms with E-state index in [1.807, 2.05) is 0 Å². The first kappa shape index (κ1) is 19.0. The summed E-state index contributed by atoms with van der Waals surface area (Å²) in [5, 5.41) is 3.50. The first-order valence-corrected chi connectivity index (χ1v) is 7.49. The number of urea groups is 1. The van der Waals surface area contributed by atoms with Gasteiger partial charge in [0.2, 0.25) is 5.91 Å². The second-order valence-electron chi connectivity index (χ2n) is 6.50. The molecule has 1 heterocycles. The zero-order chi connectivity index (χ0) is 19.2. The van der Waals surface area contributed by atoms with Crippen LogP contribution < -0.4 is 15.5 Å². The molecule has 6 nitrogen and oxygen atoms in total. The lowest BCUT2D eigenvalue weighted by atomic mass is 9.94. The molecule has 136 valence electrons. The number of hydrogen-bond acceptors (Lipinski definition) is 3. The third-order valence-corrected chi connectivity index (χ3v) is 3.77. The number of imide groups is 1. The average Bonchev–Trinajstić information content (AvgIpc) is 2.71. The Kier molecular flexibility index (Phi) is 4.50. The largest absolute Gasteiger partial charge is 0.440 e. The smallest absolute Gasteiger partial charge is 0.317 e. The second kappa shape index (κ2) is 5.91. The summed E-state index contributed by atoms with van der Waals surface area (Å²) in [5.74, 6) is -2.69. The fourth-order valence-corrected chi connectivity index (χ4v) is 2.19. The molecule has 1 unspecified atom stereocenters. The van der Waals surface area contributed by atoms with Crippen LogP contribution in [0.4, 0.5) is 23.7 Å². The van der Waals surface area contributed by atoms with Crippen LogP contribution >= 0.6 is 11.6 Å². The molecule has 0 spiro atoms. The van der Waals surface area contributed by atoms with E-state index in [4.69, 9.17) is 11.6 Å². The molecule has 0 saturated carbocycles. The Morgan fingerprint density at radius 2 is 1.68 bits per heavy atom. The number of nitrogens with zero attached hydrogens (tertiary/aromatic N) is 1. The van der Waals surface area contributed by atoms with Crippen molar-refractivity contribution in [3.63, 3.8) is 0 Å². The fraction of sp³-hybridized carbons (Fsp3) is 0.400. The van der Waals surface area contributed by atoms with Crippen LogP contribution in [-0.2, 0) is 9.59 Å². The molecule has 0 aromatic heterocycles. The molecule has 1 saturated heterocycles. The van der Waals surface area contributed by atoms with Crippen molar-refractivity contribution in [3.05, 3.63) is 29.3 Å². The van der Waals surface area contributed by atoms with Crippen LogP contribution in [0.25, 0.3) is 0 Å². The second-order valence-corrected chi connectivity index (χ2v) is 6.94. The van der Waals surface area contributed by atoms with E-state index in [0.29, 0.717) is 4.90 Å². The van der Waals surface area contributed by atoms with E-state index in [1.54, 1.807) is 10.6 Å². The van der Waals surface area contributed by atoms with E-state index < -0.39 is 35.1 Å². The molecule has 0 bridgehead atoms. The lowest BCUT2D eigenvalue weighted by molar-refractivity contribution is -0.202. The van der Waals surface area contributed by atoms with Crippen molar-refractivity contribution < 1.29 is 27.6 Å². The van der Waals surface area contributed by atoms with Crippen LogP contribution in [0.1, 0.15) is 20.8 Å². The van der Waals surface area contributed by atoms with Crippen molar-refractivity contribution in [3.8, 4) is 0 Å². The molecule has 1 atom stereocenters. The Bertz CT molecular complexity index is 728. The van der Waals surface area contributed by atoms with Crippen LogP contribution in [0.15, 0.2) is 24.3 Å². The molecule has 4 amide bonds. The van der Waals surface area contributed by atoms with Gasteiger partial charge < -0.3 is 5.32 Å². The van der Waals surface area contributed by atoms with Gasteiger partial charge >= 0.3 is 12.2 Å². The monoisotopic (exact) mass is 377 g/mol. The maximum atomic E-state index is 13.6. The van der Waals surface area contributed by atoms with Gasteiger partial charge in [-0.1, -0.05) is 32.4 Å². The molecule has 0 radical (unpaired) electrons. The summed E-state index contributed by atoms with van der Waals surface area (Å²) in [7, 11) is 0. The van der Waals surface area contributed by atoms with Crippen LogP contribution in [-0.4, -0.2) is 29.7 Å². The molecule has 1 aromatic carbocycles. The average molecular weight is 378 g/mol. The van der Waals surface area contributed by atoms with E-state index >= 15 is 0 Å². The van der Waals surface area contributed by atoms with Crippen molar-refractivity contribution in [2.45, 2.75) is 32.6 Å². The van der Waals surface area contributed by atoms with Crippen molar-refractivity contribution >= 4 is 35.1 Å². The third kappa shape index (κ3) is 3.28. The van der Waals surface area contributed by atoms with Crippen molar-refractivity contribution in [1.82, 2.24) is 10.6 Å². The topological polar surface area (TPSA) is 78.5 Å². The van der Waals surface area contributed by atoms with Gasteiger partial charge in [0.05, 0.1) is 5.69 Å². The van der Waals surface area contributed by atoms with E-state index in [2.05, 4.69) is 0 Å². The molecule has 2 N–H and O–H groups in total. The van der Waals surface area contributed by atoms with Gasteiger partial charge in [-0.05, 0) is 24.3 Å². The lowest BCUT2D eigenvalue weighted by Gasteiger charge is -2.32. The SMILES string of the molecule is CC(C)(C)C(=O)NC1(C(F)(F)F)NC(=O)N(c2ccc(Cl)cc2)C1=O. The molecular formula is C15H15ClF3N3O3. The third-order valence-electron chi connectivity index (χ3n) is 3.51. The molecule has 1 aromatic rings. The number of carbonyl (C=O) groups is 3. The summed E-state index contributed by atoms with van der Waals surface area (Å²) >= 11 is 5.70. The summed E-state index contributed by atoms with van der Waals surface area (Å²) < 4.78 is 40.9. The summed E-state index contributed by atoms with van der Waals surface area (Å²) in [6.07, 6.45) is -5.25. The first-order valence-electron chi connectivity index (χ1n) is 7.11. The molecular weight excluding hydrogens is 363 g/mol. The van der Waals surface area contributed by atoms with Crippen LogP contribution in [0.3, 0.4) is 0 Å². The molecule has 1 aliphatic heterocycles. The highest BCUT2D eigenvalue weighted by Gasteiger charge is 2.69. The minimum atomic E-state index is -5.25. The van der Waals surface area contributed by atoms with Crippen molar-refractivity contribution in [1.29, 1.82) is 0 Å².